The van der Waals surface area contributed by atoms with E-state index in [1.165, 1.54) is 0 Å². The van der Waals surface area contributed by atoms with Gasteiger partial charge in [0.25, 0.3) is 0 Å². The molecular weight excluding hydrogens is 198 g/mol. The quantitative estimate of drug-likeness (QED) is 0.514. The molecule has 0 aliphatic carbocycles. The Labute approximate surface area is 87.0 Å². The molecule has 1 rings (SSSR count). The molecule has 0 unspecified atom stereocenters. The van der Waals surface area contributed by atoms with Gasteiger partial charge in [-0.15, -0.1) is 0 Å². The number of aromatic nitrogens is 2. The Kier molecular flexibility index (Phi) is 4.49. The number of hydrogen-bond donors (Lipinski definition) is 2. The van der Waals surface area contributed by atoms with Crippen LogP contribution in [0.4, 0.5) is 0 Å². The minimum atomic E-state index is -0.939. The molecule has 0 saturated heterocycles. The van der Waals surface area contributed by atoms with E-state index in [9.17, 15) is 4.79 Å². The first-order valence-electron chi connectivity index (χ1n) is 4.58. The zero-order chi connectivity index (χ0) is 11.1. The first kappa shape index (κ1) is 11.4. The first-order chi connectivity index (χ1) is 7.18. The summed E-state index contributed by atoms with van der Waals surface area (Å²) in [7, 11) is 0. The number of hydrogen-bond acceptors (Lipinski definition) is 5. The molecule has 0 amide bonds. The number of carbonyl (C=O) groups is 1. The van der Waals surface area contributed by atoms with Gasteiger partial charge >= 0.3 is 5.97 Å². The van der Waals surface area contributed by atoms with E-state index in [1.54, 1.807) is 13.0 Å². The van der Waals surface area contributed by atoms with Crippen LogP contribution in [0.1, 0.15) is 11.7 Å². The topological polar surface area (TPSA) is 88.2 Å². The van der Waals surface area contributed by atoms with Crippen LogP contribution in [-0.2, 0) is 11.2 Å². The molecule has 0 aliphatic heterocycles. The van der Waals surface area contributed by atoms with Crippen molar-refractivity contribution < 1.29 is 14.4 Å². The second-order valence-corrected chi connectivity index (χ2v) is 2.92. The van der Waals surface area contributed by atoms with E-state index in [0.29, 0.717) is 31.2 Å². The molecule has 0 spiro atoms. The van der Waals surface area contributed by atoms with Crippen molar-refractivity contribution >= 4 is 5.97 Å². The Morgan fingerprint density at radius 1 is 1.67 bits per heavy atom. The number of carboxylic acid groups (broad SMARTS) is 1. The Bertz CT molecular complexity index is 346. The molecule has 0 atom stereocenters. The highest BCUT2D eigenvalue weighted by Gasteiger charge is 1.99. The molecule has 0 fully saturated rings. The number of nitrogens with zero attached hydrogens (tertiary/aromatic N) is 2. The molecule has 1 aromatic rings. The van der Waals surface area contributed by atoms with E-state index in [2.05, 4.69) is 15.5 Å². The number of rotatable bonds is 6. The van der Waals surface area contributed by atoms with Crippen LogP contribution >= 0.6 is 0 Å². The van der Waals surface area contributed by atoms with Gasteiger partial charge in [-0.1, -0.05) is 11.2 Å². The minimum absolute atomic E-state index is 0.517. The zero-order valence-electron chi connectivity index (χ0n) is 8.43. The van der Waals surface area contributed by atoms with E-state index in [-0.39, 0.29) is 0 Å². The fourth-order valence-corrected chi connectivity index (χ4v) is 0.988. The van der Waals surface area contributed by atoms with Crippen LogP contribution < -0.4 is 5.32 Å². The number of aliphatic carboxylic acids is 1. The summed E-state index contributed by atoms with van der Waals surface area (Å²) in [5.41, 5.74) is 0. The third kappa shape index (κ3) is 4.92. The Morgan fingerprint density at radius 3 is 3.07 bits per heavy atom. The molecule has 2 N–H and O–H groups in total. The lowest BCUT2D eigenvalue weighted by Crippen LogP contribution is -2.17. The molecule has 1 heterocycles. The highest BCUT2D eigenvalue weighted by atomic mass is 16.5. The van der Waals surface area contributed by atoms with Crippen molar-refractivity contribution in [1.82, 2.24) is 15.5 Å². The largest absolute Gasteiger partial charge is 0.478 e. The lowest BCUT2D eigenvalue weighted by molar-refractivity contribution is -0.131. The molecule has 15 heavy (non-hydrogen) atoms. The van der Waals surface area contributed by atoms with Crippen molar-refractivity contribution in [3.8, 4) is 0 Å². The summed E-state index contributed by atoms with van der Waals surface area (Å²) >= 11 is 0. The fourth-order valence-electron chi connectivity index (χ4n) is 0.988. The SMILES string of the molecule is Cc1nc(CCNC/C=C/C(=O)O)no1. The smallest absolute Gasteiger partial charge is 0.328 e. The van der Waals surface area contributed by atoms with Gasteiger partial charge in [-0.2, -0.15) is 4.98 Å². The highest BCUT2D eigenvalue weighted by Crippen LogP contribution is 1.94. The van der Waals surface area contributed by atoms with Crippen molar-refractivity contribution in [3.63, 3.8) is 0 Å². The maximum Gasteiger partial charge on any atom is 0.328 e. The number of aryl methyl sites for hydroxylation is 1. The van der Waals surface area contributed by atoms with E-state index in [0.717, 1.165) is 6.08 Å². The zero-order valence-corrected chi connectivity index (χ0v) is 8.43. The summed E-state index contributed by atoms with van der Waals surface area (Å²) in [4.78, 5) is 14.1. The van der Waals surface area contributed by atoms with Crippen molar-refractivity contribution in [2.24, 2.45) is 0 Å². The molecule has 82 valence electrons. The molecule has 6 nitrogen and oxygen atoms in total. The van der Waals surface area contributed by atoms with Gasteiger partial charge in [0.1, 0.15) is 0 Å². The molecule has 0 bridgehead atoms. The predicted molar refractivity (Wildman–Crippen MR) is 52.4 cm³/mol. The van der Waals surface area contributed by atoms with E-state index < -0.39 is 5.97 Å². The Morgan fingerprint density at radius 2 is 2.47 bits per heavy atom. The van der Waals surface area contributed by atoms with Gasteiger partial charge in [0, 0.05) is 32.5 Å². The third-order valence-corrected chi connectivity index (χ3v) is 1.62. The van der Waals surface area contributed by atoms with Crippen LogP contribution in [0.15, 0.2) is 16.7 Å². The van der Waals surface area contributed by atoms with Crippen molar-refractivity contribution in [1.29, 1.82) is 0 Å². The lowest BCUT2D eigenvalue weighted by Gasteiger charge is -1.96. The standard InChI is InChI=1S/C9H13N3O3/c1-7-11-8(12-15-7)4-6-10-5-2-3-9(13)14/h2-3,10H,4-6H2,1H3,(H,13,14)/b3-2+. The average Bonchev–Trinajstić information content (AvgIpc) is 2.57. The van der Waals surface area contributed by atoms with E-state index in [4.69, 9.17) is 9.63 Å². The summed E-state index contributed by atoms with van der Waals surface area (Å²) in [5, 5.41) is 15.1. The normalized spacial score (nSPS) is 11.0. The first-order valence-corrected chi connectivity index (χ1v) is 4.58. The Hall–Kier alpha value is -1.69. The van der Waals surface area contributed by atoms with Crippen LogP contribution in [0.25, 0.3) is 0 Å². The van der Waals surface area contributed by atoms with Crippen molar-refractivity contribution in [3.05, 3.63) is 23.9 Å². The minimum Gasteiger partial charge on any atom is -0.478 e. The summed E-state index contributed by atoms with van der Waals surface area (Å²) in [6.07, 6.45) is 3.31. The predicted octanol–water partition coefficient (Wildman–Crippen LogP) is 0.151. The molecule has 1 aromatic heterocycles. The number of nitrogens with one attached hydrogen (secondary N) is 1. The maximum absolute atomic E-state index is 10.1. The summed E-state index contributed by atoms with van der Waals surface area (Å²) in [5.74, 6) is 0.267. The molecule has 0 saturated carbocycles. The van der Waals surface area contributed by atoms with E-state index in [1.807, 2.05) is 0 Å². The second-order valence-electron chi connectivity index (χ2n) is 2.92. The number of carboxylic acids is 1. The molecule has 0 aliphatic rings. The summed E-state index contributed by atoms with van der Waals surface area (Å²) < 4.78 is 4.79. The molecular formula is C9H13N3O3. The molecule has 0 radical (unpaired) electrons. The van der Waals surface area contributed by atoms with Crippen LogP contribution in [0, 0.1) is 6.92 Å². The van der Waals surface area contributed by atoms with Gasteiger partial charge < -0.3 is 14.9 Å². The van der Waals surface area contributed by atoms with Crippen LogP contribution in [0.3, 0.4) is 0 Å². The average molecular weight is 211 g/mol. The molecule has 6 heteroatoms. The van der Waals surface area contributed by atoms with Gasteiger partial charge in [-0.3, -0.25) is 0 Å². The van der Waals surface area contributed by atoms with Gasteiger partial charge in [0.15, 0.2) is 5.82 Å². The van der Waals surface area contributed by atoms with Gasteiger partial charge in [-0.05, 0) is 0 Å². The monoisotopic (exact) mass is 211 g/mol. The van der Waals surface area contributed by atoms with Gasteiger partial charge in [0.05, 0.1) is 0 Å². The van der Waals surface area contributed by atoms with Crippen LogP contribution in [0.2, 0.25) is 0 Å². The van der Waals surface area contributed by atoms with Crippen LogP contribution in [0.5, 0.6) is 0 Å². The Balaban J connectivity index is 2.09. The fraction of sp³-hybridized carbons (Fsp3) is 0.444. The van der Waals surface area contributed by atoms with Crippen molar-refractivity contribution in [2.45, 2.75) is 13.3 Å². The van der Waals surface area contributed by atoms with Gasteiger partial charge in [0.2, 0.25) is 5.89 Å². The maximum atomic E-state index is 10.1. The lowest BCUT2D eigenvalue weighted by atomic mass is 10.4. The van der Waals surface area contributed by atoms with Crippen molar-refractivity contribution in [2.75, 3.05) is 13.1 Å². The molecule has 0 aromatic carbocycles. The van der Waals surface area contributed by atoms with Gasteiger partial charge in [-0.25, -0.2) is 4.79 Å². The van der Waals surface area contributed by atoms with E-state index >= 15 is 0 Å². The third-order valence-electron chi connectivity index (χ3n) is 1.62. The highest BCUT2D eigenvalue weighted by molar-refractivity contribution is 5.79. The second kappa shape index (κ2) is 5.92. The summed E-state index contributed by atoms with van der Waals surface area (Å²) in [6, 6.07) is 0. The van der Waals surface area contributed by atoms with Crippen LogP contribution in [-0.4, -0.2) is 34.3 Å². The summed E-state index contributed by atoms with van der Waals surface area (Å²) in [6.45, 7) is 2.94.